The summed E-state index contributed by atoms with van der Waals surface area (Å²) in [5.41, 5.74) is 1.93. The minimum atomic E-state index is -0.0212. The molecule has 1 fully saturated rings. The summed E-state index contributed by atoms with van der Waals surface area (Å²) >= 11 is 13.4. The van der Waals surface area contributed by atoms with E-state index < -0.39 is 0 Å². The number of nitrogens with zero attached hydrogens (tertiary/aromatic N) is 3. The zero-order chi connectivity index (χ0) is 17.2. The highest BCUT2D eigenvalue weighted by atomic mass is 35.5. The fourth-order valence-electron chi connectivity index (χ4n) is 3.04. The predicted octanol–water partition coefficient (Wildman–Crippen LogP) is 4.36. The number of pyridine rings is 2. The van der Waals surface area contributed by atoms with Gasteiger partial charge in [-0.2, -0.15) is 0 Å². The summed E-state index contributed by atoms with van der Waals surface area (Å²) in [6.45, 7) is 0.635. The molecule has 7 heteroatoms. The highest BCUT2D eigenvalue weighted by Gasteiger charge is 2.40. The third-order valence-electron chi connectivity index (χ3n) is 4.14. The lowest BCUT2D eigenvalue weighted by atomic mass is 10.0. The van der Waals surface area contributed by atoms with Crippen LogP contribution in [0.2, 0.25) is 4.34 Å². The Balaban J connectivity index is 1.72. The maximum absolute atomic E-state index is 6.20. The van der Waals surface area contributed by atoms with Crippen LogP contribution >= 0.6 is 35.2 Å². The highest BCUT2D eigenvalue weighted by molar-refractivity contribution is 7.80. The van der Waals surface area contributed by atoms with E-state index in [4.69, 9.17) is 23.8 Å². The Labute approximate surface area is 160 Å². The third-order valence-corrected chi connectivity index (χ3v) is 5.80. The van der Waals surface area contributed by atoms with Gasteiger partial charge in [-0.25, -0.2) is 0 Å². The molecule has 1 saturated heterocycles. The molecule has 0 bridgehead atoms. The molecule has 4 heterocycles. The molecule has 0 saturated carbocycles. The molecule has 126 valence electrons. The minimum absolute atomic E-state index is 0.0212. The Kier molecular flexibility index (Phi) is 4.65. The number of hydrogen-bond donors (Lipinski definition) is 1. The Morgan fingerprint density at radius 1 is 1.08 bits per heavy atom. The zero-order valence-electron chi connectivity index (χ0n) is 13.2. The fourth-order valence-corrected chi connectivity index (χ4v) is 4.55. The number of nitrogens with one attached hydrogen (secondary N) is 1. The van der Waals surface area contributed by atoms with Crippen LogP contribution in [0.5, 0.6) is 0 Å². The molecule has 1 aliphatic heterocycles. The standard InChI is InChI=1S/C18H15ClN4S2/c19-15-8-7-14(25-15)17-16(13-6-2-4-10-21-13)22-18(24)23(17)11-12-5-1-3-9-20-12/h1-10,16-17H,11H2,(H,22,24)/t16-,17+/m1/s1. The second-order valence-electron chi connectivity index (χ2n) is 5.72. The third kappa shape index (κ3) is 3.38. The second kappa shape index (κ2) is 7.07. The van der Waals surface area contributed by atoms with E-state index >= 15 is 0 Å². The first-order valence-corrected chi connectivity index (χ1v) is 9.46. The molecule has 4 rings (SSSR count). The maximum atomic E-state index is 6.20. The largest absolute Gasteiger partial charge is 0.352 e. The number of thiophene rings is 1. The van der Waals surface area contributed by atoms with Crippen LogP contribution in [0.4, 0.5) is 0 Å². The van der Waals surface area contributed by atoms with E-state index in [0.717, 1.165) is 20.6 Å². The number of rotatable bonds is 4. The van der Waals surface area contributed by atoms with Crippen molar-refractivity contribution in [3.05, 3.63) is 81.5 Å². The first kappa shape index (κ1) is 16.4. The molecular weight excluding hydrogens is 372 g/mol. The van der Waals surface area contributed by atoms with E-state index in [0.29, 0.717) is 11.7 Å². The molecule has 2 atom stereocenters. The van der Waals surface area contributed by atoms with Crippen LogP contribution < -0.4 is 5.32 Å². The van der Waals surface area contributed by atoms with Crippen LogP contribution in [-0.4, -0.2) is 20.0 Å². The quantitative estimate of drug-likeness (QED) is 0.674. The van der Waals surface area contributed by atoms with Gasteiger partial charge < -0.3 is 10.2 Å². The Hall–Kier alpha value is -2.02. The van der Waals surface area contributed by atoms with E-state index in [1.807, 2.05) is 42.5 Å². The first-order valence-electron chi connectivity index (χ1n) is 7.85. The Morgan fingerprint density at radius 3 is 2.52 bits per heavy atom. The molecule has 0 aliphatic carbocycles. The van der Waals surface area contributed by atoms with Crippen LogP contribution in [0.15, 0.2) is 60.9 Å². The van der Waals surface area contributed by atoms with Crippen molar-refractivity contribution in [2.45, 2.75) is 18.6 Å². The summed E-state index contributed by atoms with van der Waals surface area (Å²) in [7, 11) is 0. The first-order chi connectivity index (χ1) is 12.2. The molecule has 25 heavy (non-hydrogen) atoms. The van der Waals surface area contributed by atoms with Crippen molar-refractivity contribution in [2.24, 2.45) is 0 Å². The van der Waals surface area contributed by atoms with Gasteiger partial charge in [0.25, 0.3) is 0 Å². The summed E-state index contributed by atoms with van der Waals surface area (Å²) in [5.74, 6) is 0. The molecule has 1 aliphatic rings. The van der Waals surface area contributed by atoms with Crippen molar-refractivity contribution in [3.8, 4) is 0 Å². The summed E-state index contributed by atoms with van der Waals surface area (Å²) in [4.78, 5) is 12.3. The van der Waals surface area contributed by atoms with Crippen molar-refractivity contribution >= 4 is 40.3 Å². The van der Waals surface area contributed by atoms with Crippen molar-refractivity contribution in [2.75, 3.05) is 0 Å². The lowest BCUT2D eigenvalue weighted by molar-refractivity contribution is 0.312. The van der Waals surface area contributed by atoms with Gasteiger partial charge in [0.1, 0.15) is 0 Å². The second-order valence-corrected chi connectivity index (χ2v) is 7.85. The topological polar surface area (TPSA) is 41.1 Å². The molecule has 0 radical (unpaired) electrons. The van der Waals surface area contributed by atoms with E-state index in [2.05, 4.69) is 26.3 Å². The molecule has 0 unspecified atom stereocenters. The molecule has 0 amide bonds. The van der Waals surface area contributed by atoms with Crippen LogP contribution in [0, 0.1) is 0 Å². The van der Waals surface area contributed by atoms with E-state index in [1.54, 1.807) is 23.7 Å². The minimum Gasteiger partial charge on any atom is -0.352 e. The number of halogens is 1. The number of thiocarbonyl (C=S) groups is 1. The van der Waals surface area contributed by atoms with Gasteiger partial charge in [-0.05, 0) is 48.6 Å². The van der Waals surface area contributed by atoms with Crippen LogP contribution in [0.1, 0.15) is 28.3 Å². The molecule has 3 aromatic rings. The van der Waals surface area contributed by atoms with E-state index in [9.17, 15) is 0 Å². The van der Waals surface area contributed by atoms with Gasteiger partial charge in [0.2, 0.25) is 0 Å². The average molecular weight is 387 g/mol. The lowest BCUT2D eigenvalue weighted by Crippen LogP contribution is -2.29. The SMILES string of the molecule is S=C1N[C@H](c2ccccn2)[C@H](c2ccc(Cl)s2)N1Cc1ccccn1. The van der Waals surface area contributed by atoms with Crippen LogP contribution in [0.3, 0.4) is 0 Å². The maximum Gasteiger partial charge on any atom is 0.170 e. The number of hydrogen-bond acceptors (Lipinski definition) is 4. The van der Waals surface area contributed by atoms with Gasteiger partial charge in [0.15, 0.2) is 5.11 Å². The van der Waals surface area contributed by atoms with Crippen molar-refractivity contribution in [1.82, 2.24) is 20.2 Å². The highest BCUT2D eigenvalue weighted by Crippen LogP contribution is 2.42. The van der Waals surface area contributed by atoms with Crippen molar-refractivity contribution < 1.29 is 0 Å². The van der Waals surface area contributed by atoms with Gasteiger partial charge in [-0.15, -0.1) is 11.3 Å². The smallest absolute Gasteiger partial charge is 0.170 e. The molecular formula is C18H15ClN4S2. The van der Waals surface area contributed by atoms with Crippen molar-refractivity contribution in [1.29, 1.82) is 0 Å². The van der Waals surface area contributed by atoms with Crippen molar-refractivity contribution in [3.63, 3.8) is 0 Å². The molecule has 4 nitrogen and oxygen atoms in total. The van der Waals surface area contributed by atoms with Gasteiger partial charge in [0.05, 0.1) is 34.4 Å². The predicted molar refractivity (Wildman–Crippen MR) is 105 cm³/mol. The summed E-state index contributed by atoms with van der Waals surface area (Å²) in [6, 6.07) is 15.8. The van der Waals surface area contributed by atoms with Gasteiger partial charge in [0, 0.05) is 17.3 Å². The van der Waals surface area contributed by atoms with Crippen LogP contribution in [-0.2, 0) is 6.54 Å². The summed E-state index contributed by atoms with van der Waals surface area (Å²) in [5, 5.41) is 4.13. The van der Waals surface area contributed by atoms with E-state index in [1.165, 1.54) is 0 Å². The normalized spacial score (nSPS) is 19.9. The lowest BCUT2D eigenvalue weighted by Gasteiger charge is -2.26. The van der Waals surface area contributed by atoms with E-state index in [-0.39, 0.29) is 12.1 Å². The van der Waals surface area contributed by atoms with Gasteiger partial charge >= 0.3 is 0 Å². The zero-order valence-corrected chi connectivity index (χ0v) is 15.6. The van der Waals surface area contributed by atoms with Crippen LogP contribution in [0.25, 0.3) is 0 Å². The molecule has 1 N–H and O–H groups in total. The Bertz CT molecular complexity index is 869. The van der Waals surface area contributed by atoms with Gasteiger partial charge in [-0.3, -0.25) is 9.97 Å². The summed E-state index contributed by atoms with van der Waals surface area (Å²) < 4.78 is 0.769. The Morgan fingerprint density at radius 2 is 1.88 bits per heavy atom. The molecule has 3 aromatic heterocycles. The van der Waals surface area contributed by atoms with Gasteiger partial charge in [-0.1, -0.05) is 23.7 Å². The molecule has 0 spiro atoms. The number of aromatic nitrogens is 2. The average Bonchev–Trinajstić information content (AvgIpc) is 3.20. The summed E-state index contributed by atoms with van der Waals surface area (Å²) in [6.07, 6.45) is 3.61. The monoisotopic (exact) mass is 386 g/mol. The molecule has 0 aromatic carbocycles. The fraction of sp³-hybridized carbons (Fsp3) is 0.167.